The lowest BCUT2D eigenvalue weighted by Crippen LogP contribution is -2.38. The highest BCUT2D eigenvalue weighted by molar-refractivity contribution is 5.85. The molecule has 0 saturated carbocycles. The fourth-order valence-electron chi connectivity index (χ4n) is 2.92. The van der Waals surface area contributed by atoms with Crippen LogP contribution in [0.15, 0.2) is 36.4 Å². The van der Waals surface area contributed by atoms with Gasteiger partial charge in [0.1, 0.15) is 12.4 Å². The van der Waals surface area contributed by atoms with E-state index in [1.165, 1.54) is 16.3 Å². The van der Waals surface area contributed by atoms with Crippen LogP contribution in [0.5, 0.6) is 5.75 Å². The molecule has 0 spiro atoms. The predicted molar refractivity (Wildman–Crippen MR) is 90.8 cm³/mol. The van der Waals surface area contributed by atoms with E-state index in [9.17, 15) is 0 Å². The van der Waals surface area contributed by atoms with Gasteiger partial charge in [-0.25, -0.2) is 0 Å². The topological polar surface area (TPSA) is 21.7 Å². The lowest BCUT2D eigenvalue weighted by molar-refractivity contribution is 0.0322. The lowest BCUT2D eigenvalue weighted by atomic mass is 9.98. The van der Waals surface area contributed by atoms with Gasteiger partial charge in [-0.1, -0.05) is 38.1 Å². The average Bonchev–Trinajstić information content (AvgIpc) is 2.55. The Morgan fingerprint density at radius 3 is 2.45 bits per heavy atom. The summed E-state index contributed by atoms with van der Waals surface area (Å²) in [5.74, 6) is 1.49. The van der Waals surface area contributed by atoms with Gasteiger partial charge in [0.2, 0.25) is 0 Å². The Kier molecular flexibility index (Phi) is 4.96. The Morgan fingerprint density at radius 1 is 1.09 bits per heavy atom. The number of nitrogens with zero attached hydrogens (tertiary/aromatic N) is 1. The zero-order valence-corrected chi connectivity index (χ0v) is 13.5. The summed E-state index contributed by atoms with van der Waals surface area (Å²) in [4.78, 5) is 2.40. The molecule has 1 fully saturated rings. The van der Waals surface area contributed by atoms with Gasteiger partial charge >= 0.3 is 0 Å². The van der Waals surface area contributed by atoms with Crippen LogP contribution in [0.25, 0.3) is 10.8 Å². The zero-order chi connectivity index (χ0) is 15.4. The van der Waals surface area contributed by atoms with Crippen LogP contribution in [-0.2, 0) is 4.74 Å². The van der Waals surface area contributed by atoms with Crippen molar-refractivity contribution in [3.63, 3.8) is 0 Å². The van der Waals surface area contributed by atoms with Crippen LogP contribution in [-0.4, -0.2) is 44.4 Å². The van der Waals surface area contributed by atoms with Crippen molar-refractivity contribution in [2.45, 2.75) is 19.8 Å². The summed E-state index contributed by atoms with van der Waals surface area (Å²) in [5.41, 5.74) is 1.29. The van der Waals surface area contributed by atoms with E-state index in [0.29, 0.717) is 5.92 Å². The largest absolute Gasteiger partial charge is 0.492 e. The smallest absolute Gasteiger partial charge is 0.123 e. The molecule has 1 saturated heterocycles. The molecule has 118 valence electrons. The standard InChI is InChI=1S/C19H25NO2/c1-15(2)18-13-16-5-3-4-6-17(16)14-19(18)22-12-9-20-7-10-21-11-8-20/h3-6,13-15H,7-12H2,1-2H3. The summed E-state index contributed by atoms with van der Waals surface area (Å²) in [5, 5.41) is 2.53. The van der Waals surface area contributed by atoms with Crippen molar-refractivity contribution in [3.8, 4) is 5.75 Å². The van der Waals surface area contributed by atoms with Gasteiger partial charge in [-0.15, -0.1) is 0 Å². The van der Waals surface area contributed by atoms with Crippen LogP contribution in [0.4, 0.5) is 0 Å². The first kappa shape index (κ1) is 15.3. The molecule has 2 aromatic rings. The van der Waals surface area contributed by atoms with Gasteiger partial charge in [0.25, 0.3) is 0 Å². The van der Waals surface area contributed by atoms with Crippen molar-refractivity contribution in [1.29, 1.82) is 0 Å². The summed E-state index contributed by atoms with van der Waals surface area (Å²) in [6.07, 6.45) is 0. The highest BCUT2D eigenvalue weighted by Crippen LogP contribution is 2.31. The number of rotatable bonds is 5. The first-order valence-electron chi connectivity index (χ1n) is 8.19. The summed E-state index contributed by atoms with van der Waals surface area (Å²) in [7, 11) is 0. The molecule has 1 aliphatic rings. The van der Waals surface area contributed by atoms with Crippen molar-refractivity contribution in [3.05, 3.63) is 42.0 Å². The van der Waals surface area contributed by atoms with E-state index in [1.54, 1.807) is 0 Å². The monoisotopic (exact) mass is 299 g/mol. The minimum Gasteiger partial charge on any atom is -0.492 e. The molecule has 0 atom stereocenters. The maximum absolute atomic E-state index is 6.13. The van der Waals surface area contributed by atoms with Gasteiger partial charge in [0.15, 0.2) is 0 Å². The first-order valence-corrected chi connectivity index (χ1v) is 8.19. The fraction of sp³-hybridized carbons (Fsp3) is 0.474. The molecule has 3 heteroatoms. The van der Waals surface area contributed by atoms with Gasteiger partial charge in [-0.2, -0.15) is 0 Å². The van der Waals surface area contributed by atoms with Gasteiger partial charge < -0.3 is 9.47 Å². The van der Waals surface area contributed by atoms with Gasteiger partial charge in [0.05, 0.1) is 13.2 Å². The van der Waals surface area contributed by atoms with E-state index in [1.807, 2.05) is 0 Å². The molecule has 1 heterocycles. The van der Waals surface area contributed by atoms with Crippen LogP contribution in [0.2, 0.25) is 0 Å². The Balaban J connectivity index is 1.72. The molecule has 0 aliphatic carbocycles. The second-order valence-electron chi connectivity index (χ2n) is 6.19. The minimum absolute atomic E-state index is 0.461. The van der Waals surface area contributed by atoms with Crippen molar-refractivity contribution in [2.24, 2.45) is 0 Å². The molecule has 0 radical (unpaired) electrons. The molecule has 0 amide bonds. The van der Waals surface area contributed by atoms with Gasteiger partial charge in [-0.3, -0.25) is 4.90 Å². The number of benzene rings is 2. The fourth-order valence-corrected chi connectivity index (χ4v) is 2.92. The van der Waals surface area contributed by atoms with Crippen molar-refractivity contribution < 1.29 is 9.47 Å². The average molecular weight is 299 g/mol. The second kappa shape index (κ2) is 7.12. The lowest BCUT2D eigenvalue weighted by Gasteiger charge is -2.26. The van der Waals surface area contributed by atoms with Crippen LogP contribution in [0.3, 0.4) is 0 Å². The van der Waals surface area contributed by atoms with Crippen LogP contribution < -0.4 is 4.74 Å². The van der Waals surface area contributed by atoms with E-state index in [0.717, 1.165) is 45.2 Å². The van der Waals surface area contributed by atoms with Crippen molar-refractivity contribution in [1.82, 2.24) is 4.90 Å². The Hall–Kier alpha value is -1.58. The molecule has 22 heavy (non-hydrogen) atoms. The molecule has 1 aliphatic heterocycles. The Bertz CT molecular complexity index is 618. The van der Waals surface area contributed by atoms with Gasteiger partial charge in [0, 0.05) is 19.6 Å². The third-order valence-corrected chi connectivity index (χ3v) is 4.27. The molecular weight excluding hydrogens is 274 g/mol. The van der Waals surface area contributed by atoms with E-state index in [-0.39, 0.29) is 0 Å². The summed E-state index contributed by atoms with van der Waals surface area (Å²) < 4.78 is 11.5. The summed E-state index contributed by atoms with van der Waals surface area (Å²) in [6, 6.07) is 12.9. The van der Waals surface area contributed by atoms with Crippen LogP contribution in [0, 0.1) is 0 Å². The third kappa shape index (κ3) is 3.60. The highest BCUT2D eigenvalue weighted by Gasteiger charge is 2.12. The maximum atomic E-state index is 6.13. The molecular formula is C19H25NO2. The SMILES string of the molecule is CC(C)c1cc2ccccc2cc1OCCN1CCOCC1. The van der Waals surface area contributed by atoms with Crippen LogP contribution in [0.1, 0.15) is 25.3 Å². The summed E-state index contributed by atoms with van der Waals surface area (Å²) in [6.45, 7) is 9.85. The number of ether oxygens (including phenoxy) is 2. The first-order chi connectivity index (χ1) is 10.7. The highest BCUT2D eigenvalue weighted by atomic mass is 16.5. The van der Waals surface area contributed by atoms with Crippen LogP contribution >= 0.6 is 0 Å². The predicted octanol–water partition coefficient (Wildman–Crippen LogP) is 3.67. The molecule has 0 bridgehead atoms. The van der Waals surface area contributed by atoms with Crippen molar-refractivity contribution in [2.75, 3.05) is 39.5 Å². The Morgan fingerprint density at radius 2 is 1.77 bits per heavy atom. The summed E-state index contributed by atoms with van der Waals surface area (Å²) >= 11 is 0. The molecule has 0 N–H and O–H groups in total. The van der Waals surface area contributed by atoms with E-state index in [4.69, 9.17) is 9.47 Å². The second-order valence-corrected chi connectivity index (χ2v) is 6.19. The van der Waals surface area contributed by atoms with E-state index >= 15 is 0 Å². The minimum atomic E-state index is 0.461. The van der Waals surface area contributed by atoms with Crippen molar-refractivity contribution >= 4 is 10.8 Å². The Labute approximate surface area is 132 Å². The number of morpholine rings is 1. The number of fused-ring (bicyclic) bond motifs is 1. The number of hydrogen-bond donors (Lipinski definition) is 0. The van der Waals surface area contributed by atoms with E-state index < -0.39 is 0 Å². The normalized spacial score (nSPS) is 16.3. The maximum Gasteiger partial charge on any atom is 0.123 e. The molecule has 3 rings (SSSR count). The van der Waals surface area contributed by atoms with E-state index in [2.05, 4.69) is 55.1 Å². The molecule has 3 nitrogen and oxygen atoms in total. The molecule has 0 unspecified atom stereocenters. The zero-order valence-electron chi connectivity index (χ0n) is 13.5. The third-order valence-electron chi connectivity index (χ3n) is 4.27. The molecule has 0 aromatic heterocycles. The number of hydrogen-bond acceptors (Lipinski definition) is 3. The molecule has 2 aromatic carbocycles. The van der Waals surface area contributed by atoms with Gasteiger partial charge in [-0.05, 0) is 34.4 Å². The quantitative estimate of drug-likeness (QED) is 0.841.